The van der Waals surface area contributed by atoms with E-state index in [1.54, 1.807) is 42.5 Å². The second-order valence-corrected chi connectivity index (χ2v) is 5.64. The van der Waals surface area contributed by atoms with Crippen molar-refractivity contribution in [1.82, 2.24) is 5.32 Å². The number of hydrogen-bond acceptors (Lipinski definition) is 2. The molecule has 24 heavy (non-hydrogen) atoms. The molecule has 2 aromatic rings. The van der Waals surface area contributed by atoms with Gasteiger partial charge in [-0.15, -0.1) is 0 Å². The zero-order chi connectivity index (χ0) is 16.9. The highest BCUT2D eigenvalue weighted by Gasteiger charge is 2.24. The van der Waals surface area contributed by atoms with Crippen molar-refractivity contribution >= 4 is 23.6 Å². The van der Waals surface area contributed by atoms with Crippen molar-refractivity contribution in [2.24, 2.45) is 0 Å². The average molecular weight is 324 g/mol. The minimum Gasteiger partial charge on any atom is -0.349 e. The van der Waals surface area contributed by atoms with Crippen LogP contribution in [0.25, 0.3) is 6.08 Å². The van der Waals surface area contributed by atoms with Gasteiger partial charge in [0, 0.05) is 17.7 Å². The van der Waals surface area contributed by atoms with E-state index in [-0.39, 0.29) is 11.9 Å². The van der Waals surface area contributed by atoms with Crippen molar-refractivity contribution < 1.29 is 14.0 Å². The van der Waals surface area contributed by atoms with Crippen LogP contribution in [0.3, 0.4) is 0 Å². The molecule has 0 spiro atoms. The summed E-state index contributed by atoms with van der Waals surface area (Å²) in [5, 5.41) is 5.56. The third-order valence-electron chi connectivity index (χ3n) is 3.66. The lowest BCUT2D eigenvalue weighted by atomic mass is 10.1. The fourth-order valence-corrected chi connectivity index (χ4v) is 2.23. The first kappa shape index (κ1) is 15.9. The predicted molar refractivity (Wildman–Crippen MR) is 91.0 cm³/mol. The molecule has 0 bridgehead atoms. The first-order valence-electron chi connectivity index (χ1n) is 7.77. The van der Waals surface area contributed by atoms with Gasteiger partial charge in [-0.1, -0.05) is 30.3 Å². The van der Waals surface area contributed by atoms with Gasteiger partial charge in [-0.3, -0.25) is 9.59 Å². The molecule has 0 aromatic heterocycles. The van der Waals surface area contributed by atoms with E-state index in [4.69, 9.17) is 0 Å². The van der Waals surface area contributed by atoms with Crippen molar-refractivity contribution in [3.05, 3.63) is 71.6 Å². The van der Waals surface area contributed by atoms with E-state index in [2.05, 4.69) is 10.6 Å². The number of benzene rings is 2. The lowest BCUT2D eigenvalue weighted by Crippen LogP contribution is -2.26. The number of hydrogen-bond donors (Lipinski definition) is 2. The molecule has 1 fully saturated rings. The lowest BCUT2D eigenvalue weighted by Gasteiger charge is -2.09. The summed E-state index contributed by atoms with van der Waals surface area (Å²) in [7, 11) is 0. The molecule has 1 aliphatic rings. The molecule has 0 aliphatic heterocycles. The Labute approximate surface area is 139 Å². The summed E-state index contributed by atoms with van der Waals surface area (Å²) in [6, 6.07) is 13.2. The topological polar surface area (TPSA) is 58.2 Å². The highest BCUT2D eigenvalue weighted by molar-refractivity contribution is 6.07. The zero-order valence-electron chi connectivity index (χ0n) is 13.0. The Morgan fingerprint density at radius 2 is 1.75 bits per heavy atom. The van der Waals surface area contributed by atoms with E-state index in [9.17, 15) is 14.0 Å². The van der Waals surface area contributed by atoms with E-state index >= 15 is 0 Å². The van der Waals surface area contributed by atoms with Crippen LogP contribution < -0.4 is 10.6 Å². The Hall–Kier alpha value is -2.95. The number of halogens is 1. The molecular formula is C19H17FN2O2. The molecule has 5 heteroatoms. The predicted octanol–water partition coefficient (Wildman–Crippen LogP) is 3.37. The maximum atomic E-state index is 13.5. The van der Waals surface area contributed by atoms with Gasteiger partial charge < -0.3 is 10.6 Å². The Morgan fingerprint density at radius 3 is 2.50 bits per heavy atom. The van der Waals surface area contributed by atoms with Crippen LogP contribution in [0.15, 0.2) is 54.6 Å². The van der Waals surface area contributed by atoms with Gasteiger partial charge in [-0.25, -0.2) is 4.39 Å². The maximum Gasteiger partial charge on any atom is 0.253 e. The number of carbonyl (C=O) groups excluding carboxylic acids is 2. The highest BCUT2D eigenvalue weighted by atomic mass is 19.1. The standard InChI is InChI=1S/C19H17FN2O2/c20-16-7-3-1-5-13(16)9-12-18(23)22-17-8-4-2-6-15(17)19(24)21-14-10-11-14/h1-9,12,14H,10-11H2,(H,21,24)(H,22,23)/b12-9+. The minimum atomic E-state index is -0.426. The van der Waals surface area contributed by atoms with Gasteiger partial charge in [0.25, 0.3) is 5.91 Å². The van der Waals surface area contributed by atoms with Crippen LogP contribution >= 0.6 is 0 Å². The van der Waals surface area contributed by atoms with Gasteiger partial charge in [-0.2, -0.15) is 0 Å². The molecule has 0 unspecified atom stereocenters. The van der Waals surface area contributed by atoms with Crippen molar-refractivity contribution in [1.29, 1.82) is 0 Å². The second kappa shape index (κ2) is 7.08. The number of anilines is 1. The Morgan fingerprint density at radius 1 is 1.04 bits per heavy atom. The minimum absolute atomic E-state index is 0.202. The molecule has 3 rings (SSSR count). The first-order valence-corrected chi connectivity index (χ1v) is 7.77. The molecule has 122 valence electrons. The summed E-state index contributed by atoms with van der Waals surface area (Å²) in [6.07, 6.45) is 4.63. The fourth-order valence-electron chi connectivity index (χ4n) is 2.23. The number of nitrogens with one attached hydrogen (secondary N) is 2. The number of para-hydroxylation sites is 1. The van der Waals surface area contributed by atoms with Gasteiger partial charge >= 0.3 is 0 Å². The summed E-state index contributed by atoms with van der Waals surface area (Å²) >= 11 is 0. The van der Waals surface area contributed by atoms with Gasteiger partial charge in [0.15, 0.2) is 0 Å². The number of rotatable bonds is 5. The molecule has 4 nitrogen and oxygen atoms in total. The summed E-state index contributed by atoms with van der Waals surface area (Å²) in [5.41, 5.74) is 1.17. The summed E-state index contributed by atoms with van der Waals surface area (Å²) in [5.74, 6) is -1.03. The van der Waals surface area contributed by atoms with E-state index in [0.717, 1.165) is 12.8 Å². The van der Waals surface area contributed by atoms with Crippen molar-refractivity contribution in [3.8, 4) is 0 Å². The van der Waals surface area contributed by atoms with Gasteiger partial charge in [-0.05, 0) is 37.1 Å². The quantitative estimate of drug-likeness (QED) is 0.829. The lowest BCUT2D eigenvalue weighted by molar-refractivity contribution is -0.111. The van der Waals surface area contributed by atoms with E-state index in [0.29, 0.717) is 16.8 Å². The zero-order valence-corrected chi connectivity index (χ0v) is 13.0. The molecule has 1 saturated carbocycles. The summed E-state index contributed by atoms with van der Waals surface area (Å²) in [4.78, 5) is 24.2. The third kappa shape index (κ3) is 4.07. The van der Waals surface area contributed by atoms with Crippen LogP contribution in [0.4, 0.5) is 10.1 Å². The molecular weight excluding hydrogens is 307 g/mol. The van der Waals surface area contributed by atoms with Gasteiger partial charge in [0.2, 0.25) is 5.91 Å². The molecule has 2 N–H and O–H groups in total. The van der Waals surface area contributed by atoms with Crippen LogP contribution in [0, 0.1) is 5.82 Å². The molecule has 1 aliphatic carbocycles. The van der Waals surface area contributed by atoms with Gasteiger partial charge in [0.1, 0.15) is 5.82 Å². The third-order valence-corrected chi connectivity index (χ3v) is 3.66. The molecule has 2 amide bonds. The first-order chi connectivity index (χ1) is 11.6. The highest BCUT2D eigenvalue weighted by Crippen LogP contribution is 2.21. The van der Waals surface area contributed by atoms with Crippen molar-refractivity contribution in [2.45, 2.75) is 18.9 Å². The summed E-state index contributed by atoms with van der Waals surface area (Å²) < 4.78 is 13.5. The monoisotopic (exact) mass is 324 g/mol. The molecule has 2 aromatic carbocycles. The van der Waals surface area contributed by atoms with E-state index in [1.165, 1.54) is 18.2 Å². The summed E-state index contributed by atoms with van der Waals surface area (Å²) in [6.45, 7) is 0. The van der Waals surface area contributed by atoms with Crippen molar-refractivity contribution in [3.63, 3.8) is 0 Å². The number of carbonyl (C=O) groups is 2. The van der Waals surface area contributed by atoms with Crippen LogP contribution in [0.5, 0.6) is 0 Å². The number of amides is 2. The Bertz CT molecular complexity index is 797. The van der Waals surface area contributed by atoms with Crippen LogP contribution in [-0.2, 0) is 4.79 Å². The SMILES string of the molecule is O=C(/C=C/c1ccccc1F)Nc1ccccc1C(=O)NC1CC1. The molecule has 0 heterocycles. The normalized spacial score (nSPS) is 13.7. The smallest absolute Gasteiger partial charge is 0.253 e. The second-order valence-electron chi connectivity index (χ2n) is 5.64. The van der Waals surface area contributed by atoms with E-state index in [1.807, 2.05) is 0 Å². The Kier molecular flexibility index (Phi) is 4.70. The van der Waals surface area contributed by atoms with Gasteiger partial charge in [0.05, 0.1) is 11.3 Å². The van der Waals surface area contributed by atoms with Crippen molar-refractivity contribution in [2.75, 3.05) is 5.32 Å². The largest absolute Gasteiger partial charge is 0.349 e. The Balaban J connectivity index is 1.70. The van der Waals surface area contributed by atoms with Crippen LogP contribution in [0.2, 0.25) is 0 Å². The average Bonchev–Trinajstić information content (AvgIpc) is 3.38. The molecule has 0 saturated heterocycles. The maximum absolute atomic E-state index is 13.5. The van der Waals surface area contributed by atoms with Crippen LogP contribution in [0.1, 0.15) is 28.8 Å². The fraction of sp³-hybridized carbons (Fsp3) is 0.158. The molecule has 0 atom stereocenters. The molecule has 0 radical (unpaired) electrons. The van der Waals surface area contributed by atoms with Crippen LogP contribution in [-0.4, -0.2) is 17.9 Å². The van der Waals surface area contributed by atoms with E-state index < -0.39 is 11.7 Å².